The molecule has 5 nitrogen and oxygen atoms in total. The molecule has 0 radical (unpaired) electrons. The van der Waals surface area contributed by atoms with E-state index < -0.39 is 17.6 Å². The van der Waals surface area contributed by atoms with Crippen molar-refractivity contribution in [3.8, 4) is 0 Å². The van der Waals surface area contributed by atoms with Crippen LogP contribution >= 0.6 is 23.2 Å². The van der Waals surface area contributed by atoms with E-state index in [0.717, 1.165) is 0 Å². The Morgan fingerprint density at radius 1 is 1.18 bits per heavy atom. The van der Waals surface area contributed by atoms with Gasteiger partial charge in [0.15, 0.2) is 0 Å². The van der Waals surface area contributed by atoms with Gasteiger partial charge in [-0.15, -0.1) is 0 Å². The molecular weight excluding hydrogens is 269 g/mol. The molecule has 0 aliphatic carbocycles. The molecule has 0 amide bonds. The van der Waals surface area contributed by atoms with Gasteiger partial charge in [0, 0.05) is 5.69 Å². The molecule has 1 aromatic carbocycles. The summed E-state index contributed by atoms with van der Waals surface area (Å²) >= 11 is 11.4. The highest BCUT2D eigenvalue weighted by Gasteiger charge is 2.10. The van der Waals surface area contributed by atoms with Gasteiger partial charge in [-0.1, -0.05) is 23.2 Å². The van der Waals surface area contributed by atoms with Crippen LogP contribution in [0.15, 0.2) is 30.0 Å². The maximum absolute atomic E-state index is 10.7. The Morgan fingerprint density at radius 3 is 2.29 bits per heavy atom. The Morgan fingerprint density at radius 2 is 1.82 bits per heavy atom. The second-order valence-corrected chi connectivity index (χ2v) is 3.77. The van der Waals surface area contributed by atoms with Gasteiger partial charge in [0.1, 0.15) is 5.70 Å². The molecule has 0 fully saturated rings. The summed E-state index contributed by atoms with van der Waals surface area (Å²) in [5.41, 5.74) is -0.148. The van der Waals surface area contributed by atoms with Crippen LogP contribution in [-0.2, 0) is 9.59 Å². The number of carbonyl (C=O) groups is 2. The van der Waals surface area contributed by atoms with Crippen molar-refractivity contribution in [2.75, 3.05) is 5.32 Å². The van der Waals surface area contributed by atoms with Gasteiger partial charge in [-0.3, -0.25) is 0 Å². The van der Waals surface area contributed by atoms with Crippen molar-refractivity contribution in [3.63, 3.8) is 0 Å². The van der Waals surface area contributed by atoms with Crippen molar-refractivity contribution in [1.29, 1.82) is 0 Å². The normalized spacial score (nSPS) is 11.1. The molecule has 0 saturated carbocycles. The first-order valence-corrected chi connectivity index (χ1v) is 5.05. The zero-order chi connectivity index (χ0) is 13.0. The summed E-state index contributed by atoms with van der Waals surface area (Å²) in [6, 6.07) is 4.34. The lowest BCUT2D eigenvalue weighted by Crippen LogP contribution is -2.12. The Hall–Kier alpha value is -1.72. The highest BCUT2D eigenvalue weighted by Crippen LogP contribution is 2.25. The number of carboxylic acids is 2. The van der Waals surface area contributed by atoms with Crippen LogP contribution in [0.2, 0.25) is 10.0 Å². The molecular formula is C10H7Cl2NO4. The summed E-state index contributed by atoms with van der Waals surface area (Å²) in [4.78, 5) is 21.1. The highest BCUT2D eigenvalue weighted by atomic mass is 35.5. The Labute approximate surface area is 106 Å². The van der Waals surface area contributed by atoms with Crippen LogP contribution in [0.1, 0.15) is 0 Å². The van der Waals surface area contributed by atoms with Crippen molar-refractivity contribution >= 4 is 40.8 Å². The molecule has 3 N–H and O–H groups in total. The van der Waals surface area contributed by atoms with E-state index in [1.54, 1.807) is 0 Å². The topological polar surface area (TPSA) is 86.6 Å². The van der Waals surface area contributed by atoms with E-state index in [-0.39, 0.29) is 5.02 Å². The summed E-state index contributed by atoms with van der Waals surface area (Å²) in [6.45, 7) is 0. The van der Waals surface area contributed by atoms with E-state index in [2.05, 4.69) is 5.32 Å². The first-order valence-electron chi connectivity index (χ1n) is 4.30. The molecule has 17 heavy (non-hydrogen) atoms. The number of anilines is 1. The first kappa shape index (κ1) is 13.3. The number of nitrogens with one attached hydrogen (secondary N) is 1. The number of carboxylic acid groups (broad SMARTS) is 2. The number of hydrogen-bond donors (Lipinski definition) is 3. The van der Waals surface area contributed by atoms with Crippen LogP contribution < -0.4 is 5.32 Å². The van der Waals surface area contributed by atoms with Crippen molar-refractivity contribution < 1.29 is 19.8 Å². The number of rotatable bonds is 4. The SMILES string of the molecule is O=C(O)C=C(Nc1ccc(Cl)c(Cl)c1)C(=O)O. The minimum absolute atomic E-state index is 0.233. The number of aliphatic carboxylic acids is 2. The van der Waals surface area contributed by atoms with E-state index >= 15 is 0 Å². The van der Waals surface area contributed by atoms with Gasteiger partial charge in [0.25, 0.3) is 0 Å². The quantitative estimate of drug-likeness (QED) is 0.735. The summed E-state index contributed by atoms with van der Waals surface area (Å²) in [6.07, 6.45) is 0.546. The van der Waals surface area contributed by atoms with Gasteiger partial charge in [-0.25, -0.2) is 9.59 Å². The lowest BCUT2D eigenvalue weighted by atomic mass is 10.3. The average Bonchev–Trinajstić information content (AvgIpc) is 2.21. The molecule has 1 aromatic rings. The zero-order valence-corrected chi connectivity index (χ0v) is 9.79. The molecule has 0 atom stereocenters. The molecule has 0 saturated heterocycles. The third-order valence-corrected chi connectivity index (χ3v) is 2.44. The fourth-order valence-corrected chi connectivity index (χ4v) is 1.30. The van der Waals surface area contributed by atoms with Gasteiger partial charge in [-0.2, -0.15) is 0 Å². The minimum Gasteiger partial charge on any atom is -0.478 e. The predicted molar refractivity (Wildman–Crippen MR) is 63.4 cm³/mol. The van der Waals surface area contributed by atoms with Crippen molar-refractivity contribution in [2.24, 2.45) is 0 Å². The van der Waals surface area contributed by atoms with Gasteiger partial charge >= 0.3 is 11.9 Å². The van der Waals surface area contributed by atoms with Crippen LogP contribution in [0.4, 0.5) is 5.69 Å². The lowest BCUT2D eigenvalue weighted by Gasteiger charge is -2.07. The number of benzene rings is 1. The maximum atomic E-state index is 10.7. The second-order valence-electron chi connectivity index (χ2n) is 2.96. The Kier molecular flexibility index (Phi) is 4.37. The predicted octanol–water partition coefficient (Wildman–Crippen LogP) is 2.46. The maximum Gasteiger partial charge on any atom is 0.352 e. The van der Waals surface area contributed by atoms with E-state index in [4.69, 9.17) is 33.4 Å². The lowest BCUT2D eigenvalue weighted by molar-refractivity contribution is -0.134. The van der Waals surface area contributed by atoms with E-state index in [1.807, 2.05) is 0 Å². The molecule has 0 aliphatic rings. The molecule has 0 unspecified atom stereocenters. The van der Waals surface area contributed by atoms with Gasteiger partial charge in [-0.05, 0) is 18.2 Å². The van der Waals surface area contributed by atoms with E-state index in [0.29, 0.717) is 16.8 Å². The Balaban J connectivity index is 2.98. The fraction of sp³-hybridized carbons (Fsp3) is 0. The molecule has 7 heteroatoms. The highest BCUT2D eigenvalue weighted by molar-refractivity contribution is 6.42. The van der Waals surface area contributed by atoms with Crippen LogP contribution in [0, 0.1) is 0 Å². The summed E-state index contributed by atoms with van der Waals surface area (Å²) in [5.74, 6) is -2.76. The van der Waals surface area contributed by atoms with Gasteiger partial charge < -0.3 is 15.5 Å². The van der Waals surface area contributed by atoms with Gasteiger partial charge in [0.05, 0.1) is 16.1 Å². The van der Waals surface area contributed by atoms with E-state index in [9.17, 15) is 9.59 Å². The standard InChI is InChI=1S/C10H7Cl2NO4/c11-6-2-1-5(3-7(6)12)13-8(10(16)17)4-9(14)15/h1-4,13H,(H,14,15)(H,16,17). The summed E-state index contributed by atoms with van der Waals surface area (Å²) in [7, 11) is 0. The largest absolute Gasteiger partial charge is 0.478 e. The minimum atomic E-state index is -1.39. The van der Waals surface area contributed by atoms with Crippen LogP contribution in [0.5, 0.6) is 0 Å². The van der Waals surface area contributed by atoms with Crippen LogP contribution in [0.25, 0.3) is 0 Å². The number of hydrogen-bond acceptors (Lipinski definition) is 3. The fourth-order valence-electron chi connectivity index (χ4n) is 1.00. The molecule has 1 rings (SSSR count). The molecule has 0 bridgehead atoms. The van der Waals surface area contributed by atoms with Crippen molar-refractivity contribution in [2.45, 2.75) is 0 Å². The zero-order valence-electron chi connectivity index (χ0n) is 8.28. The third-order valence-electron chi connectivity index (χ3n) is 1.70. The molecule has 0 aliphatic heterocycles. The average molecular weight is 276 g/mol. The van der Waals surface area contributed by atoms with Crippen LogP contribution in [0.3, 0.4) is 0 Å². The molecule has 0 spiro atoms. The van der Waals surface area contributed by atoms with Crippen molar-refractivity contribution in [3.05, 3.63) is 40.0 Å². The van der Waals surface area contributed by atoms with E-state index in [1.165, 1.54) is 18.2 Å². The van der Waals surface area contributed by atoms with Crippen molar-refractivity contribution in [1.82, 2.24) is 0 Å². The van der Waals surface area contributed by atoms with Gasteiger partial charge in [0.2, 0.25) is 0 Å². The Bertz CT molecular complexity index is 499. The van der Waals surface area contributed by atoms with Crippen LogP contribution in [-0.4, -0.2) is 22.2 Å². The molecule has 0 heterocycles. The summed E-state index contributed by atoms with van der Waals surface area (Å²) in [5, 5.41) is 20.2. The first-order chi connectivity index (χ1) is 7.90. The monoisotopic (exact) mass is 275 g/mol. The third kappa shape index (κ3) is 3.97. The summed E-state index contributed by atoms with van der Waals surface area (Å²) < 4.78 is 0. The molecule has 0 aromatic heterocycles. The molecule has 90 valence electrons. The number of halogens is 2. The smallest absolute Gasteiger partial charge is 0.352 e. The second kappa shape index (κ2) is 5.56.